The van der Waals surface area contributed by atoms with Gasteiger partial charge in [-0.25, -0.2) is 0 Å². The molecule has 1 aliphatic rings. The molecule has 1 fully saturated rings. The maximum atomic E-state index is 4.47. The highest BCUT2D eigenvalue weighted by molar-refractivity contribution is 7.81. The Bertz CT molecular complexity index is 106. The van der Waals surface area contributed by atoms with E-state index in [-0.39, 0.29) is 0 Å². The van der Waals surface area contributed by atoms with Gasteiger partial charge in [-0.3, -0.25) is 0 Å². The molecule has 0 aliphatic carbocycles. The summed E-state index contributed by atoms with van der Waals surface area (Å²) in [6, 6.07) is 0.596. The molecule has 1 N–H and O–H groups in total. The molecule has 2 unspecified atom stereocenters. The van der Waals surface area contributed by atoms with E-state index in [0.717, 1.165) is 13.1 Å². The summed E-state index contributed by atoms with van der Waals surface area (Å²) < 4.78 is 0. The lowest BCUT2D eigenvalue weighted by molar-refractivity contribution is 0.360. The van der Waals surface area contributed by atoms with E-state index in [1.165, 1.54) is 6.42 Å². The minimum absolute atomic E-state index is 0.558. The first-order chi connectivity index (χ1) is 4.70. The van der Waals surface area contributed by atoms with Gasteiger partial charge in [0.15, 0.2) is 0 Å². The summed E-state index contributed by atoms with van der Waals surface area (Å²) in [6.45, 7) is 2.24. The first-order valence-corrected chi connectivity index (χ1v) is 4.28. The van der Waals surface area contributed by atoms with Gasteiger partial charge in [0.2, 0.25) is 0 Å². The van der Waals surface area contributed by atoms with Gasteiger partial charge in [-0.05, 0) is 27.1 Å². The molecule has 0 aromatic carbocycles. The molecular weight excluding hydrogens is 144 g/mol. The van der Waals surface area contributed by atoms with Gasteiger partial charge in [-0.15, -0.1) is 0 Å². The Hall–Kier alpha value is 0.270. The fraction of sp³-hybridized carbons (Fsp3) is 1.00. The van der Waals surface area contributed by atoms with Crippen LogP contribution < -0.4 is 5.32 Å². The highest BCUT2D eigenvalue weighted by atomic mass is 32.1. The SMILES string of the molecule is CN(C)CC1NCCC1S. The van der Waals surface area contributed by atoms with Crippen LogP contribution in [-0.4, -0.2) is 43.4 Å². The normalized spacial score (nSPS) is 33.6. The quantitative estimate of drug-likeness (QED) is 0.561. The molecule has 0 amide bonds. The highest BCUT2D eigenvalue weighted by Gasteiger charge is 2.23. The van der Waals surface area contributed by atoms with Crippen LogP contribution in [0.5, 0.6) is 0 Å². The third-order valence-electron chi connectivity index (χ3n) is 1.87. The van der Waals surface area contributed by atoms with Gasteiger partial charge >= 0.3 is 0 Å². The van der Waals surface area contributed by atoms with Crippen LogP contribution >= 0.6 is 12.6 Å². The van der Waals surface area contributed by atoms with E-state index in [9.17, 15) is 0 Å². The Morgan fingerprint density at radius 2 is 2.30 bits per heavy atom. The standard InChI is InChI=1S/C7H16N2S/c1-9(2)5-6-7(10)3-4-8-6/h6-8,10H,3-5H2,1-2H3. The van der Waals surface area contributed by atoms with Crippen molar-refractivity contribution in [2.24, 2.45) is 0 Å². The molecule has 0 saturated carbocycles. The lowest BCUT2D eigenvalue weighted by Gasteiger charge is -2.19. The van der Waals surface area contributed by atoms with Crippen molar-refractivity contribution in [3.63, 3.8) is 0 Å². The molecule has 3 heteroatoms. The van der Waals surface area contributed by atoms with E-state index in [1.807, 2.05) is 0 Å². The molecule has 1 rings (SSSR count). The maximum Gasteiger partial charge on any atom is 0.0311 e. The van der Waals surface area contributed by atoms with Gasteiger partial charge in [0.25, 0.3) is 0 Å². The molecule has 0 radical (unpaired) electrons. The number of thiol groups is 1. The Kier molecular flexibility index (Phi) is 3.01. The van der Waals surface area contributed by atoms with E-state index < -0.39 is 0 Å². The van der Waals surface area contributed by atoms with E-state index in [1.54, 1.807) is 0 Å². The second-order valence-electron chi connectivity index (χ2n) is 3.18. The van der Waals surface area contributed by atoms with Crippen LogP contribution in [0.25, 0.3) is 0 Å². The Labute approximate surface area is 68.4 Å². The lowest BCUT2D eigenvalue weighted by atomic mass is 10.2. The van der Waals surface area contributed by atoms with Crippen LogP contribution in [0.15, 0.2) is 0 Å². The minimum Gasteiger partial charge on any atom is -0.312 e. The number of rotatable bonds is 2. The molecule has 0 aromatic rings. The zero-order chi connectivity index (χ0) is 7.56. The summed E-state index contributed by atoms with van der Waals surface area (Å²) in [6.07, 6.45) is 1.21. The molecule has 2 atom stereocenters. The van der Waals surface area contributed by atoms with Crippen LogP contribution in [0, 0.1) is 0 Å². The molecule has 60 valence electrons. The van der Waals surface area contributed by atoms with Crippen molar-refractivity contribution in [2.75, 3.05) is 27.2 Å². The summed E-state index contributed by atoms with van der Waals surface area (Å²) in [4.78, 5) is 2.20. The third kappa shape index (κ3) is 2.15. The van der Waals surface area contributed by atoms with Gasteiger partial charge < -0.3 is 10.2 Å². The zero-order valence-electron chi connectivity index (χ0n) is 6.67. The third-order valence-corrected chi connectivity index (χ3v) is 2.49. The Morgan fingerprint density at radius 1 is 1.60 bits per heavy atom. The van der Waals surface area contributed by atoms with Crippen LogP contribution in [0.3, 0.4) is 0 Å². The minimum atomic E-state index is 0.558. The van der Waals surface area contributed by atoms with Crippen LogP contribution in [0.1, 0.15) is 6.42 Å². The zero-order valence-corrected chi connectivity index (χ0v) is 7.56. The predicted molar refractivity (Wildman–Crippen MR) is 47.7 cm³/mol. The van der Waals surface area contributed by atoms with E-state index in [4.69, 9.17) is 0 Å². The van der Waals surface area contributed by atoms with Gasteiger partial charge in [-0.1, -0.05) is 0 Å². The number of likely N-dealkylation sites (N-methyl/N-ethyl adjacent to an activating group) is 1. The summed E-state index contributed by atoms with van der Waals surface area (Å²) >= 11 is 4.47. The van der Waals surface area contributed by atoms with Crippen LogP contribution in [0.2, 0.25) is 0 Å². The van der Waals surface area contributed by atoms with Crippen molar-refractivity contribution in [3.05, 3.63) is 0 Å². The van der Waals surface area contributed by atoms with Gasteiger partial charge in [0.05, 0.1) is 0 Å². The van der Waals surface area contributed by atoms with Crippen molar-refractivity contribution < 1.29 is 0 Å². The molecule has 1 heterocycles. The molecule has 2 nitrogen and oxygen atoms in total. The largest absolute Gasteiger partial charge is 0.312 e. The predicted octanol–water partition coefficient (Wildman–Crippen LogP) is 0.208. The van der Waals surface area contributed by atoms with Crippen molar-refractivity contribution >= 4 is 12.6 Å². The molecule has 0 bridgehead atoms. The van der Waals surface area contributed by atoms with E-state index >= 15 is 0 Å². The molecule has 0 spiro atoms. The van der Waals surface area contributed by atoms with Crippen LogP contribution in [0.4, 0.5) is 0 Å². The number of hydrogen-bond acceptors (Lipinski definition) is 3. The highest BCUT2D eigenvalue weighted by Crippen LogP contribution is 2.13. The maximum absolute atomic E-state index is 4.47. The fourth-order valence-electron chi connectivity index (χ4n) is 1.33. The molecule has 0 aromatic heterocycles. The van der Waals surface area contributed by atoms with E-state index in [0.29, 0.717) is 11.3 Å². The number of nitrogens with one attached hydrogen (secondary N) is 1. The number of hydrogen-bond donors (Lipinski definition) is 2. The molecule has 1 saturated heterocycles. The molecular formula is C7H16N2S. The second kappa shape index (κ2) is 3.60. The summed E-state index contributed by atoms with van der Waals surface area (Å²) in [7, 11) is 4.20. The second-order valence-corrected chi connectivity index (χ2v) is 3.84. The molecule has 10 heavy (non-hydrogen) atoms. The topological polar surface area (TPSA) is 15.3 Å². The first-order valence-electron chi connectivity index (χ1n) is 3.76. The van der Waals surface area contributed by atoms with Crippen molar-refractivity contribution in [2.45, 2.75) is 17.7 Å². The smallest absolute Gasteiger partial charge is 0.0311 e. The summed E-state index contributed by atoms with van der Waals surface area (Å²) in [5, 5.41) is 3.98. The molecule has 1 aliphatic heterocycles. The van der Waals surface area contributed by atoms with Crippen molar-refractivity contribution in [1.82, 2.24) is 10.2 Å². The van der Waals surface area contributed by atoms with Crippen molar-refractivity contribution in [3.8, 4) is 0 Å². The van der Waals surface area contributed by atoms with E-state index in [2.05, 4.69) is 36.9 Å². The first kappa shape index (κ1) is 8.37. The van der Waals surface area contributed by atoms with Crippen LogP contribution in [-0.2, 0) is 0 Å². The fourth-order valence-corrected chi connectivity index (χ4v) is 1.66. The lowest BCUT2D eigenvalue weighted by Crippen LogP contribution is -2.37. The number of nitrogens with zero attached hydrogens (tertiary/aromatic N) is 1. The monoisotopic (exact) mass is 160 g/mol. The average molecular weight is 160 g/mol. The van der Waals surface area contributed by atoms with Crippen molar-refractivity contribution in [1.29, 1.82) is 0 Å². The van der Waals surface area contributed by atoms with Gasteiger partial charge in [0, 0.05) is 17.8 Å². The van der Waals surface area contributed by atoms with Gasteiger partial charge in [0.1, 0.15) is 0 Å². The summed E-state index contributed by atoms with van der Waals surface area (Å²) in [5.41, 5.74) is 0. The Balaban J connectivity index is 2.26. The van der Waals surface area contributed by atoms with Gasteiger partial charge in [-0.2, -0.15) is 12.6 Å². The summed E-state index contributed by atoms with van der Waals surface area (Å²) in [5.74, 6) is 0. The Morgan fingerprint density at radius 3 is 2.70 bits per heavy atom. The average Bonchev–Trinajstić information content (AvgIpc) is 2.15.